The normalized spacial score (nSPS) is 16.3. The first-order chi connectivity index (χ1) is 11.4. The Bertz CT molecular complexity index is 880. The Kier molecular flexibility index (Phi) is 3.97. The molecule has 24 heavy (non-hydrogen) atoms. The Hall–Kier alpha value is -2.89. The number of methoxy groups -OCH3 is 1. The van der Waals surface area contributed by atoms with Gasteiger partial charge < -0.3 is 14.0 Å². The van der Waals surface area contributed by atoms with Crippen LogP contribution in [0.4, 0.5) is 0 Å². The van der Waals surface area contributed by atoms with Crippen molar-refractivity contribution in [1.29, 1.82) is 0 Å². The molecule has 0 spiro atoms. The van der Waals surface area contributed by atoms with E-state index in [4.69, 9.17) is 4.74 Å². The number of rotatable bonds is 2. The van der Waals surface area contributed by atoms with Crippen LogP contribution in [0.1, 0.15) is 39.5 Å². The Morgan fingerprint density at radius 1 is 1.25 bits per heavy atom. The lowest BCUT2D eigenvalue weighted by Crippen LogP contribution is -2.31. The second-order valence-corrected chi connectivity index (χ2v) is 5.77. The van der Waals surface area contributed by atoms with Crippen LogP contribution in [0.25, 0.3) is 0 Å². The van der Waals surface area contributed by atoms with Gasteiger partial charge in [0, 0.05) is 24.7 Å². The molecule has 1 atom stereocenters. The lowest BCUT2D eigenvalue weighted by atomic mass is 9.86. The highest BCUT2D eigenvalue weighted by Gasteiger charge is 2.32. The summed E-state index contributed by atoms with van der Waals surface area (Å²) in [4.78, 5) is 36.1. The summed E-state index contributed by atoms with van der Waals surface area (Å²) in [6, 6.07) is 8.42. The predicted octanol–water partition coefficient (Wildman–Crippen LogP) is 1.92. The summed E-state index contributed by atoms with van der Waals surface area (Å²) in [5.41, 5.74) is 2.19. The van der Waals surface area contributed by atoms with E-state index >= 15 is 0 Å². The number of esters is 2. The first-order valence-electron chi connectivity index (χ1n) is 7.52. The third-order valence-electron chi connectivity index (χ3n) is 4.35. The number of carbonyl (C=O) groups excluding carboxylic acids is 2. The quantitative estimate of drug-likeness (QED) is 0.788. The standard InChI is InChI=1S/C18H17NO5/c1-10-8-14-16(17(21)19(10)2)13(9-15(20)24-14)11-4-6-12(7-5-11)18(22)23-3/h4-8,13H,9H2,1-3H3/t13-/m0/s1. The molecule has 0 fully saturated rings. The van der Waals surface area contributed by atoms with E-state index in [9.17, 15) is 14.4 Å². The van der Waals surface area contributed by atoms with E-state index in [-0.39, 0.29) is 17.9 Å². The van der Waals surface area contributed by atoms with Gasteiger partial charge in [-0.25, -0.2) is 4.79 Å². The second-order valence-electron chi connectivity index (χ2n) is 5.77. The third-order valence-corrected chi connectivity index (χ3v) is 4.35. The number of pyridine rings is 1. The van der Waals surface area contributed by atoms with Gasteiger partial charge in [0.05, 0.1) is 24.7 Å². The van der Waals surface area contributed by atoms with Gasteiger partial charge in [-0.15, -0.1) is 0 Å². The SMILES string of the molecule is COC(=O)c1ccc([C@@H]2CC(=O)Oc3cc(C)n(C)c(=O)c32)cc1. The monoisotopic (exact) mass is 327 g/mol. The maximum atomic E-state index is 12.6. The topological polar surface area (TPSA) is 74.6 Å². The van der Waals surface area contributed by atoms with Gasteiger partial charge in [-0.1, -0.05) is 12.1 Å². The summed E-state index contributed by atoms with van der Waals surface area (Å²) in [5.74, 6) is -0.894. The molecule has 0 saturated heterocycles. The third kappa shape index (κ3) is 2.60. The second kappa shape index (κ2) is 5.96. The lowest BCUT2D eigenvalue weighted by molar-refractivity contribution is -0.135. The smallest absolute Gasteiger partial charge is 0.337 e. The number of hydrogen-bond donors (Lipinski definition) is 0. The van der Waals surface area contributed by atoms with E-state index < -0.39 is 11.9 Å². The maximum absolute atomic E-state index is 12.6. The number of aromatic nitrogens is 1. The Morgan fingerprint density at radius 3 is 2.54 bits per heavy atom. The van der Waals surface area contributed by atoms with Crippen molar-refractivity contribution >= 4 is 11.9 Å². The van der Waals surface area contributed by atoms with Gasteiger partial charge in [0.2, 0.25) is 0 Å². The fourth-order valence-corrected chi connectivity index (χ4v) is 2.90. The number of hydrogen-bond acceptors (Lipinski definition) is 5. The summed E-state index contributed by atoms with van der Waals surface area (Å²) in [6.45, 7) is 1.78. The number of nitrogens with zero attached hydrogens (tertiary/aromatic N) is 1. The first-order valence-corrected chi connectivity index (χ1v) is 7.52. The minimum Gasteiger partial charge on any atom is -0.465 e. The van der Waals surface area contributed by atoms with Crippen LogP contribution < -0.4 is 10.3 Å². The molecular formula is C18H17NO5. The van der Waals surface area contributed by atoms with Crippen LogP contribution in [0, 0.1) is 6.92 Å². The predicted molar refractivity (Wildman–Crippen MR) is 86.3 cm³/mol. The van der Waals surface area contributed by atoms with Crippen LogP contribution in [-0.2, 0) is 16.6 Å². The van der Waals surface area contributed by atoms with Gasteiger partial charge in [-0.05, 0) is 24.6 Å². The number of fused-ring (bicyclic) bond motifs is 1. The van der Waals surface area contributed by atoms with E-state index in [1.54, 1.807) is 44.3 Å². The average molecular weight is 327 g/mol. The van der Waals surface area contributed by atoms with Crippen molar-refractivity contribution in [2.45, 2.75) is 19.3 Å². The summed E-state index contributed by atoms with van der Waals surface area (Å²) in [6.07, 6.45) is 0.0862. The largest absolute Gasteiger partial charge is 0.465 e. The minimum absolute atomic E-state index is 0.0862. The number of aryl methyl sites for hydroxylation is 1. The van der Waals surface area contributed by atoms with E-state index in [0.29, 0.717) is 22.6 Å². The van der Waals surface area contributed by atoms with Crippen LogP contribution in [0.15, 0.2) is 35.1 Å². The number of benzene rings is 1. The van der Waals surface area contributed by atoms with Gasteiger partial charge in [0.25, 0.3) is 5.56 Å². The van der Waals surface area contributed by atoms with Crippen molar-refractivity contribution in [1.82, 2.24) is 4.57 Å². The van der Waals surface area contributed by atoms with Gasteiger partial charge in [0.15, 0.2) is 0 Å². The molecule has 2 heterocycles. The Balaban J connectivity index is 2.10. The van der Waals surface area contributed by atoms with Crippen molar-refractivity contribution in [3.63, 3.8) is 0 Å². The molecule has 0 radical (unpaired) electrons. The van der Waals surface area contributed by atoms with Gasteiger partial charge >= 0.3 is 11.9 Å². The zero-order chi connectivity index (χ0) is 17.4. The van der Waals surface area contributed by atoms with Crippen LogP contribution in [-0.4, -0.2) is 23.6 Å². The molecule has 6 heteroatoms. The molecule has 0 saturated carbocycles. The molecule has 0 unspecified atom stereocenters. The molecule has 6 nitrogen and oxygen atoms in total. The van der Waals surface area contributed by atoms with Crippen LogP contribution in [0.3, 0.4) is 0 Å². The highest BCUT2D eigenvalue weighted by atomic mass is 16.5. The zero-order valence-corrected chi connectivity index (χ0v) is 13.7. The molecule has 0 amide bonds. The molecule has 1 aromatic heterocycles. The lowest BCUT2D eigenvalue weighted by Gasteiger charge is -2.25. The summed E-state index contributed by atoms with van der Waals surface area (Å²) < 4.78 is 11.5. The van der Waals surface area contributed by atoms with E-state index in [0.717, 1.165) is 5.56 Å². The highest BCUT2D eigenvalue weighted by molar-refractivity contribution is 5.89. The van der Waals surface area contributed by atoms with Crippen molar-refractivity contribution in [2.24, 2.45) is 7.05 Å². The summed E-state index contributed by atoms with van der Waals surface area (Å²) >= 11 is 0. The molecule has 1 aromatic carbocycles. The molecule has 124 valence electrons. The number of carbonyl (C=O) groups is 2. The van der Waals surface area contributed by atoms with Gasteiger partial charge in [-0.2, -0.15) is 0 Å². The minimum atomic E-state index is -0.434. The number of ether oxygens (including phenoxy) is 2. The van der Waals surface area contributed by atoms with Crippen LogP contribution in [0.2, 0.25) is 0 Å². The highest BCUT2D eigenvalue weighted by Crippen LogP contribution is 2.36. The van der Waals surface area contributed by atoms with Crippen molar-refractivity contribution in [3.05, 3.63) is 63.1 Å². The molecule has 1 aliphatic rings. The average Bonchev–Trinajstić information content (AvgIpc) is 2.58. The molecule has 2 aromatic rings. The van der Waals surface area contributed by atoms with Crippen LogP contribution >= 0.6 is 0 Å². The van der Waals surface area contributed by atoms with Crippen LogP contribution in [0.5, 0.6) is 5.75 Å². The van der Waals surface area contributed by atoms with E-state index in [2.05, 4.69) is 4.74 Å². The van der Waals surface area contributed by atoms with Crippen molar-refractivity contribution < 1.29 is 19.1 Å². The summed E-state index contributed by atoms with van der Waals surface area (Å²) in [7, 11) is 3.00. The summed E-state index contributed by atoms with van der Waals surface area (Å²) in [5, 5.41) is 0. The first kappa shape index (κ1) is 16.0. The van der Waals surface area contributed by atoms with Crippen molar-refractivity contribution in [2.75, 3.05) is 7.11 Å². The van der Waals surface area contributed by atoms with Crippen molar-refractivity contribution in [3.8, 4) is 5.75 Å². The Morgan fingerprint density at radius 2 is 1.92 bits per heavy atom. The van der Waals surface area contributed by atoms with E-state index in [1.165, 1.54) is 11.7 Å². The fraction of sp³-hybridized carbons (Fsp3) is 0.278. The molecular weight excluding hydrogens is 310 g/mol. The Labute approximate surface area is 138 Å². The molecule has 0 N–H and O–H groups in total. The molecule has 1 aliphatic heterocycles. The van der Waals surface area contributed by atoms with Gasteiger partial charge in [0.1, 0.15) is 5.75 Å². The molecule has 0 bridgehead atoms. The fourth-order valence-electron chi connectivity index (χ4n) is 2.90. The maximum Gasteiger partial charge on any atom is 0.337 e. The molecule has 0 aliphatic carbocycles. The van der Waals surface area contributed by atoms with E-state index in [1.807, 2.05) is 0 Å². The van der Waals surface area contributed by atoms with Gasteiger partial charge in [-0.3, -0.25) is 9.59 Å². The molecule has 3 rings (SSSR count). The zero-order valence-electron chi connectivity index (χ0n) is 13.7.